The zero-order valence-electron chi connectivity index (χ0n) is 15.1. The molecule has 3 rings (SSSR count). The Morgan fingerprint density at radius 2 is 1.92 bits per heavy atom. The Hall–Kier alpha value is -2.31. The number of oxime groups is 1. The van der Waals surface area contributed by atoms with Crippen LogP contribution in [-0.4, -0.2) is 48.5 Å². The Bertz CT molecular complexity index is 704. The third kappa shape index (κ3) is 4.03. The van der Waals surface area contributed by atoms with Crippen LogP contribution in [0.2, 0.25) is 0 Å². The monoisotopic (exact) mass is 349 g/mol. The van der Waals surface area contributed by atoms with E-state index >= 15 is 0 Å². The van der Waals surface area contributed by atoms with Crippen LogP contribution in [0.25, 0.3) is 0 Å². The first-order valence-corrected chi connectivity index (χ1v) is 8.49. The maximum atomic E-state index is 14.5. The van der Waals surface area contributed by atoms with Crippen molar-refractivity contribution in [2.75, 3.05) is 31.1 Å². The fraction of sp³-hybridized carbons (Fsp3) is 0.556. The maximum Gasteiger partial charge on any atom is 0.410 e. The lowest BCUT2D eigenvalue weighted by Crippen LogP contribution is -2.50. The highest BCUT2D eigenvalue weighted by molar-refractivity contribution is 5.85. The normalized spacial score (nSPS) is 17.6. The number of piperazine rings is 1. The molecule has 0 unspecified atom stereocenters. The van der Waals surface area contributed by atoms with Crippen molar-refractivity contribution in [2.24, 2.45) is 5.16 Å². The Kier molecular flexibility index (Phi) is 4.58. The molecule has 0 aliphatic carbocycles. The molecule has 2 aliphatic rings. The maximum absolute atomic E-state index is 14.5. The summed E-state index contributed by atoms with van der Waals surface area (Å²) in [5.41, 5.74) is 1.82. The van der Waals surface area contributed by atoms with Crippen LogP contribution >= 0.6 is 0 Å². The second kappa shape index (κ2) is 6.54. The topological polar surface area (TPSA) is 54.4 Å². The highest BCUT2D eigenvalue weighted by Gasteiger charge is 2.27. The van der Waals surface area contributed by atoms with Gasteiger partial charge in [-0.05, 0) is 33.8 Å². The van der Waals surface area contributed by atoms with Crippen molar-refractivity contribution in [1.82, 2.24) is 4.90 Å². The van der Waals surface area contributed by atoms with Crippen molar-refractivity contribution in [3.8, 4) is 5.75 Å². The summed E-state index contributed by atoms with van der Waals surface area (Å²) in [5.74, 6) is 0.137. The largest absolute Gasteiger partial charge is 0.444 e. The lowest BCUT2D eigenvalue weighted by molar-refractivity contribution is 0.0240. The molecule has 1 aromatic rings. The zero-order chi connectivity index (χ0) is 18.2. The molecule has 1 fully saturated rings. The molecule has 2 heterocycles. The highest BCUT2D eigenvalue weighted by Crippen LogP contribution is 2.32. The first kappa shape index (κ1) is 17.5. The first-order chi connectivity index (χ1) is 11.7. The highest BCUT2D eigenvalue weighted by atomic mass is 19.1. The van der Waals surface area contributed by atoms with Gasteiger partial charge in [0.25, 0.3) is 0 Å². The van der Waals surface area contributed by atoms with Crippen LogP contribution in [0.5, 0.6) is 5.75 Å². The summed E-state index contributed by atoms with van der Waals surface area (Å²) in [6.45, 7) is 9.53. The molecule has 25 heavy (non-hydrogen) atoms. The van der Waals surface area contributed by atoms with Crippen LogP contribution in [0.4, 0.5) is 14.9 Å². The van der Waals surface area contributed by atoms with Crippen molar-refractivity contribution >= 4 is 17.5 Å². The van der Waals surface area contributed by atoms with Crippen molar-refractivity contribution in [3.05, 3.63) is 23.5 Å². The number of amides is 1. The van der Waals surface area contributed by atoms with Gasteiger partial charge >= 0.3 is 6.09 Å². The van der Waals surface area contributed by atoms with Gasteiger partial charge in [0, 0.05) is 44.2 Å². The average Bonchev–Trinajstić information content (AvgIpc) is 2.53. The van der Waals surface area contributed by atoms with Gasteiger partial charge < -0.3 is 19.4 Å². The SMILES string of the molecule is CC1=NOc2cc(F)c(N3CCN(C(=O)OC(C)(C)C)CC3)cc2C1. The Morgan fingerprint density at radius 1 is 1.24 bits per heavy atom. The van der Waals surface area contributed by atoms with Crippen LogP contribution < -0.4 is 9.74 Å². The second-order valence-electron chi connectivity index (χ2n) is 7.46. The molecular weight excluding hydrogens is 325 g/mol. The molecule has 0 radical (unpaired) electrons. The van der Waals surface area contributed by atoms with E-state index in [4.69, 9.17) is 9.57 Å². The van der Waals surface area contributed by atoms with Crippen LogP contribution in [0.1, 0.15) is 33.3 Å². The predicted molar refractivity (Wildman–Crippen MR) is 93.9 cm³/mol. The van der Waals surface area contributed by atoms with Crippen molar-refractivity contribution in [2.45, 2.75) is 39.7 Å². The van der Waals surface area contributed by atoms with Crippen LogP contribution in [0.15, 0.2) is 17.3 Å². The smallest absolute Gasteiger partial charge is 0.410 e. The summed E-state index contributed by atoms with van der Waals surface area (Å²) in [4.78, 5) is 21.0. The molecule has 0 N–H and O–H groups in total. The van der Waals surface area contributed by atoms with Crippen LogP contribution in [-0.2, 0) is 11.2 Å². The Morgan fingerprint density at radius 3 is 2.56 bits per heavy atom. The van der Waals surface area contributed by atoms with E-state index < -0.39 is 5.60 Å². The number of hydrogen-bond acceptors (Lipinski definition) is 5. The lowest BCUT2D eigenvalue weighted by Gasteiger charge is -2.37. The minimum Gasteiger partial charge on any atom is -0.444 e. The van der Waals surface area contributed by atoms with Gasteiger partial charge in [0.1, 0.15) is 11.4 Å². The number of benzene rings is 1. The summed E-state index contributed by atoms with van der Waals surface area (Å²) in [6.07, 6.45) is 0.332. The fourth-order valence-corrected chi connectivity index (χ4v) is 2.94. The van der Waals surface area contributed by atoms with Crippen molar-refractivity contribution in [1.29, 1.82) is 0 Å². The van der Waals surface area contributed by atoms with E-state index in [1.807, 2.05) is 38.7 Å². The van der Waals surface area contributed by atoms with E-state index in [1.54, 1.807) is 4.90 Å². The summed E-state index contributed by atoms with van der Waals surface area (Å²) < 4.78 is 19.9. The van der Waals surface area contributed by atoms with E-state index in [0.717, 1.165) is 11.3 Å². The van der Waals surface area contributed by atoms with Crippen molar-refractivity contribution < 1.29 is 18.8 Å². The number of nitrogens with zero attached hydrogens (tertiary/aromatic N) is 3. The molecule has 1 saturated heterocycles. The van der Waals surface area contributed by atoms with Crippen LogP contribution in [0.3, 0.4) is 0 Å². The molecule has 2 aliphatic heterocycles. The fourth-order valence-electron chi connectivity index (χ4n) is 2.94. The number of carbonyl (C=O) groups excluding carboxylic acids is 1. The van der Waals surface area contributed by atoms with Crippen LogP contribution in [0, 0.1) is 5.82 Å². The van der Waals surface area contributed by atoms with E-state index in [0.29, 0.717) is 44.0 Å². The molecular formula is C18H24FN3O3. The molecule has 0 bridgehead atoms. The zero-order valence-corrected chi connectivity index (χ0v) is 15.1. The molecule has 1 aromatic carbocycles. The van der Waals surface area contributed by atoms with Gasteiger partial charge in [-0.3, -0.25) is 0 Å². The average molecular weight is 349 g/mol. The lowest BCUT2D eigenvalue weighted by atomic mass is 10.1. The van der Waals surface area contributed by atoms with Gasteiger partial charge in [-0.2, -0.15) is 0 Å². The third-order valence-electron chi connectivity index (χ3n) is 4.15. The number of fused-ring (bicyclic) bond motifs is 1. The number of ether oxygens (including phenoxy) is 1. The Labute approximate surface area is 147 Å². The third-order valence-corrected chi connectivity index (χ3v) is 4.15. The summed E-state index contributed by atoms with van der Waals surface area (Å²) in [6, 6.07) is 3.22. The summed E-state index contributed by atoms with van der Waals surface area (Å²) in [7, 11) is 0. The number of rotatable bonds is 1. The first-order valence-electron chi connectivity index (χ1n) is 8.49. The van der Waals surface area contributed by atoms with Gasteiger partial charge in [-0.15, -0.1) is 0 Å². The van der Waals surface area contributed by atoms with Gasteiger partial charge in [0.05, 0.1) is 11.4 Å². The van der Waals surface area contributed by atoms with E-state index in [-0.39, 0.29) is 11.9 Å². The van der Waals surface area contributed by atoms with E-state index in [2.05, 4.69) is 5.16 Å². The standard InChI is InChI=1S/C18H24FN3O3/c1-12-9-13-10-15(14(19)11-16(13)25-20-12)21-5-7-22(8-6-21)17(23)24-18(2,3)4/h10-11H,5-9H2,1-4H3. The molecule has 0 spiro atoms. The van der Waals surface area contributed by atoms with Gasteiger partial charge in [-0.1, -0.05) is 5.16 Å². The molecule has 0 saturated carbocycles. The molecule has 7 heteroatoms. The number of anilines is 1. The minimum atomic E-state index is -0.516. The summed E-state index contributed by atoms with van der Waals surface area (Å²) >= 11 is 0. The number of halogens is 1. The predicted octanol–water partition coefficient (Wildman–Crippen LogP) is 3.19. The molecule has 136 valence electrons. The van der Waals surface area contributed by atoms with E-state index in [1.165, 1.54) is 6.07 Å². The second-order valence-corrected chi connectivity index (χ2v) is 7.46. The van der Waals surface area contributed by atoms with Gasteiger partial charge in [-0.25, -0.2) is 9.18 Å². The molecule has 0 atom stereocenters. The number of hydrogen-bond donors (Lipinski definition) is 0. The summed E-state index contributed by atoms with van der Waals surface area (Å²) in [5, 5.41) is 3.89. The molecule has 6 nitrogen and oxygen atoms in total. The molecule has 0 aromatic heterocycles. The Balaban J connectivity index is 1.68. The molecule has 1 amide bonds. The van der Waals surface area contributed by atoms with Crippen molar-refractivity contribution in [3.63, 3.8) is 0 Å². The van der Waals surface area contributed by atoms with Gasteiger partial charge in [0.15, 0.2) is 5.75 Å². The van der Waals surface area contributed by atoms with E-state index in [9.17, 15) is 9.18 Å². The minimum absolute atomic E-state index is 0.321. The number of carbonyl (C=O) groups is 1. The van der Waals surface area contributed by atoms with Gasteiger partial charge in [0.2, 0.25) is 0 Å². The quantitative estimate of drug-likeness (QED) is 0.781.